The first-order valence-electron chi connectivity index (χ1n) is 6.58. The normalized spacial score (nSPS) is 23.3. The second-order valence-corrected chi connectivity index (χ2v) is 5.00. The summed E-state index contributed by atoms with van der Waals surface area (Å²) in [5.41, 5.74) is 5.26. The predicted molar refractivity (Wildman–Crippen MR) is 82.5 cm³/mol. The molecule has 1 rings (SSSR count). The highest BCUT2D eigenvalue weighted by atomic mass is 14.4. The predicted octanol–water partition coefficient (Wildman–Crippen LogP) is 5.53. The molecule has 0 aromatic heterocycles. The summed E-state index contributed by atoms with van der Waals surface area (Å²) in [6.07, 6.45) is 13.6. The molecule has 0 radical (unpaired) electrons. The summed E-state index contributed by atoms with van der Waals surface area (Å²) in [5.74, 6) is 0. The van der Waals surface area contributed by atoms with Crippen LogP contribution in [0.5, 0.6) is 0 Å². The highest BCUT2D eigenvalue weighted by molar-refractivity contribution is 5.68. The van der Waals surface area contributed by atoms with E-state index in [2.05, 4.69) is 65.2 Å². The maximum Gasteiger partial charge on any atom is 0.0155 e. The second-order valence-electron chi connectivity index (χ2n) is 5.00. The van der Waals surface area contributed by atoms with Crippen LogP contribution in [-0.4, -0.2) is 0 Å². The summed E-state index contributed by atoms with van der Waals surface area (Å²) in [4.78, 5) is 0. The van der Waals surface area contributed by atoms with E-state index in [9.17, 15) is 0 Å². The van der Waals surface area contributed by atoms with E-state index in [1.807, 2.05) is 12.2 Å². The summed E-state index contributed by atoms with van der Waals surface area (Å²) in [6.45, 7) is 16.6. The Hall–Kier alpha value is -1.56. The van der Waals surface area contributed by atoms with E-state index in [0.717, 1.165) is 6.42 Å². The molecule has 0 saturated heterocycles. The number of allylic oxidation sites excluding steroid dienone is 10. The Morgan fingerprint density at radius 2 is 1.89 bits per heavy atom. The van der Waals surface area contributed by atoms with Crippen LogP contribution in [0.25, 0.3) is 0 Å². The van der Waals surface area contributed by atoms with Crippen molar-refractivity contribution >= 4 is 0 Å². The standard InChI is InChI=1S/C18H24/c1-7-11-15-14(10-4)16(12-8-2)18(5,6)17(15)13-9-3/h7-8,10-13H,1,4,9H2,2-3,5-6H3/b12-8-,15-11-,17-13+. The molecule has 0 amide bonds. The first-order valence-corrected chi connectivity index (χ1v) is 6.58. The Morgan fingerprint density at radius 1 is 1.22 bits per heavy atom. The van der Waals surface area contributed by atoms with Crippen LogP contribution in [0.1, 0.15) is 34.1 Å². The van der Waals surface area contributed by atoms with Gasteiger partial charge in [0.15, 0.2) is 0 Å². The summed E-state index contributed by atoms with van der Waals surface area (Å²) < 4.78 is 0. The zero-order chi connectivity index (χ0) is 13.8. The van der Waals surface area contributed by atoms with Crippen LogP contribution in [0.3, 0.4) is 0 Å². The second kappa shape index (κ2) is 5.86. The molecular weight excluding hydrogens is 216 g/mol. The molecule has 0 bridgehead atoms. The van der Waals surface area contributed by atoms with Crippen LogP contribution >= 0.6 is 0 Å². The van der Waals surface area contributed by atoms with Gasteiger partial charge in [0.25, 0.3) is 0 Å². The lowest BCUT2D eigenvalue weighted by Gasteiger charge is -2.23. The van der Waals surface area contributed by atoms with Crippen molar-refractivity contribution in [3.63, 3.8) is 0 Å². The van der Waals surface area contributed by atoms with E-state index in [1.54, 1.807) is 0 Å². The molecule has 0 nitrogen and oxygen atoms in total. The summed E-state index contributed by atoms with van der Waals surface area (Å²) in [6, 6.07) is 0. The lowest BCUT2D eigenvalue weighted by molar-refractivity contribution is 0.576. The van der Waals surface area contributed by atoms with Gasteiger partial charge in [-0.2, -0.15) is 0 Å². The summed E-state index contributed by atoms with van der Waals surface area (Å²) in [5, 5.41) is 0. The van der Waals surface area contributed by atoms with Gasteiger partial charge in [0.05, 0.1) is 0 Å². The molecular formula is C18H24. The van der Waals surface area contributed by atoms with Crippen LogP contribution in [0, 0.1) is 5.41 Å². The van der Waals surface area contributed by atoms with Crippen molar-refractivity contribution in [3.05, 3.63) is 71.9 Å². The molecule has 0 aromatic rings. The molecule has 1 aliphatic rings. The highest BCUT2D eigenvalue weighted by Gasteiger charge is 2.37. The molecule has 0 spiro atoms. The van der Waals surface area contributed by atoms with Gasteiger partial charge in [-0.1, -0.05) is 70.4 Å². The third kappa shape index (κ3) is 2.33. The Morgan fingerprint density at radius 3 is 2.33 bits per heavy atom. The van der Waals surface area contributed by atoms with Gasteiger partial charge in [0, 0.05) is 5.41 Å². The van der Waals surface area contributed by atoms with Crippen LogP contribution in [-0.2, 0) is 0 Å². The molecule has 0 aliphatic heterocycles. The fourth-order valence-electron chi connectivity index (χ4n) is 2.66. The summed E-state index contributed by atoms with van der Waals surface area (Å²) >= 11 is 0. The van der Waals surface area contributed by atoms with Crippen molar-refractivity contribution in [2.75, 3.05) is 0 Å². The molecule has 0 saturated carbocycles. The zero-order valence-electron chi connectivity index (χ0n) is 12.1. The van der Waals surface area contributed by atoms with Crippen LogP contribution in [0.15, 0.2) is 71.9 Å². The molecule has 96 valence electrons. The van der Waals surface area contributed by atoms with E-state index in [-0.39, 0.29) is 5.41 Å². The fourth-order valence-corrected chi connectivity index (χ4v) is 2.66. The molecule has 0 fully saturated rings. The maximum absolute atomic E-state index is 3.97. The minimum absolute atomic E-state index is 0.0425. The fraction of sp³-hybridized carbons (Fsp3) is 0.333. The van der Waals surface area contributed by atoms with Crippen molar-refractivity contribution in [3.8, 4) is 0 Å². The Kier molecular flexibility index (Phi) is 4.72. The van der Waals surface area contributed by atoms with Gasteiger partial charge in [-0.3, -0.25) is 0 Å². The summed E-state index contributed by atoms with van der Waals surface area (Å²) in [7, 11) is 0. The third-order valence-corrected chi connectivity index (χ3v) is 3.45. The van der Waals surface area contributed by atoms with Crippen molar-refractivity contribution in [2.45, 2.75) is 34.1 Å². The first kappa shape index (κ1) is 14.5. The molecule has 0 heterocycles. The Balaban J connectivity index is 3.58. The quantitative estimate of drug-likeness (QED) is 0.605. The van der Waals surface area contributed by atoms with Crippen molar-refractivity contribution in [1.82, 2.24) is 0 Å². The van der Waals surface area contributed by atoms with E-state index in [4.69, 9.17) is 0 Å². The van der Waals surface area contributed by atoms with E-state index >= 15 is 0 Å². The largest absolute Gasteiger partial charge is 0.0990 e. The van der Waals surface area contributed by atoms with Gasteiger partial charge in [-0.25, -0.2) is 0 Å². The average molecular weight is 240 g/mol. The van der Waals surface area contributed by atoms with Crippen LogP contribution in [0.4, 0.5) is 0 Å². The smallest absolute Gasteiger partial charge is 0.0155 e. The minimum Gasteiger partial charge on any atom is -0.0990 e. The van der Waals surface area contributed by atoms with Crippen molar-refractivity contribution in [1.29, 1.82) is 0 Å². The Bertz CT molecular complexity index is 462. The van der Waals surface area contributed by atoms with Gasteiger partial charge in [-0.05, 0) is 35.6 Å². The molecule has 18 heavy (non-hydrogen) atoms. The maximum atomic E-state index is 3.97. The molecule has 1 aliphatic carbocycles. The number of hydrogen-bond acceptors (Lipinski definition) is 0. The molecule has 0 atom stereocenters. The topological polar surface area (TPSA) is 0 Å². The zero-order valence-corrected chi connectivity index (χ0v) is 12.1. The van der Waals surface area contributed by atoms with Gasteiger partial charge < -0.3 is 0 Å². The SMILES string of the molecule is C=C/C=C1C(C=C)=C(/C=C\C)C(C)(C)C/1=C/CC. The lowest BCUT2D eigenvalue weighted by atomic mass is 9.80. The van der Waals surface area contributed by atoms with Crippen LogP contribution in [0.2, 0.25) is 0 Å². The van der Waals surface area contributed by atoms with E-state index < -0.39 is 0 Å². The van der Waals surface area contributed by atoms with Crippen molar-refractivity contribution in [2.24, 2.45) is 5.41 Å². The van der Waals surface area contributed by atoms with Gasteiger partial charge in [-0.15, -0.1) is 0 Å². The molecule has 0 heteroatoms. The lowest BCUT2D eigenvalue weighted by Crippen LogP contribution is -2.12. The van der Waals surface area contributed by atoms with Gasteiger partial charge >= 0.3 is 0 Å². The van der Waals surface area contributed by atoms with Gasteiger partial charge in [0.2, 0.25) is 0 Å². The Labute approximate surface area is 112 Å². The molecule has 0 N–H and O–H groups in total. The van der Waals surface area contributed by atoms with E-state index in [0.29, 0.717) is 0 Å². The monoisotopic (exact) mass is 240 g/mol. The van der Waals surface area contributed by atoms with Crippen LogP contribution < -0.4 is 0 Å². The van der Waals surface area contributed by atoms with Gasteiger partial charge in [0.1, 0.15) is 0 Å². The third-order valence-electron chi connectivity index (χ3n) is 3.45. The number of hydrogen-bond donors (Lipinski definition) is 0. The molecule has 0 unspecified atom stereocenters. The molecule has 0 aromatic carbocycles. The minimum atomic E-state index is 0.0425. The number of rotatable bonds is 4. The first-order chi connectivity index (χ1) is 8.54. The highest BCUT2D eigenvalue weighted by Crippen LogP contribution is 2.50. The van der Waals surface area contributed by atoms with Crippen molar-refractivity contribution < 1.29 is 0 Å². The average Bonchev–Trinajstić information content (AvgIpc) is 2.52. The van der Waals surface area contributed by atoms with E-state index in [1.165, 1.54) is 22.3 Å².